The first kappa shape index (κ1) is 19.8. The highest BCUT2D eigenvalue weighted by molar-refractivity contribution is 5.66. The van der Waals surface area contributed by atoms with Gasteiger partial charge in [0.2, 0.25) is 0 Å². The summed E-state index contributed by atoms with van der Waals surface area (Å²) in [6.45, 7) is 6.66. The van der Waals surface area contributed by atoms with Gasteiger partial charge in [0.25, 0.3) is 0 Å². The molecule has 0 saturated heterocycles. The quantitative estimate of drug-likeness (QED) is 0.476. The molecule has 0 aliphatic carbocycles. The summed E-state index contributed by atoms with van der Waals surface area (Å²) in [6, 6.07) is 0. The van der Waals surface area contributed by atoms with Crippen LogP contribution in [0.15, 0.2) is 0 Å². The monoisotopic (exact) mass is 258 g/mol. The van der Waals surface area contributed by atoms with Gasteiger partial charge in [-0.25, -0.2) is 0 Å². The Morgan fingerprint density at radius 3 is 1.39 bits per heavy atom. The number of hydrogen-bond donors (Lipinski definition) is 1. The van der Waals surface area contributed by atoms with Crippen molar-refractivity contribution < 1.29 is 9.90 Å². The van der Waals surface area contributed by atoms with Crippen molar-refractivity contribution in [1.82, 2.24) is 0 Å². The summed E-state index contributed by atoms with van der Waals surface area (Å²) in [5.74, 6) is -0.663. The summed E-state index contributed by atoms with van der Waals surface area (Å²) in [7, 11) is 0. The van der Waals surface area contributed by atoms with Crippen LogP contribution in [0.1, 0.15) is 97.8 Å². The summed E-state index contributed by atoms with van der Waals surface area (Å²) < 4.78 is 0. The Bertz CT molecular complexity index is 151. The molecule has 0 aromatic carbocycles. The number of carboxylic acids is 1. The Morgan fingerprint density at radius 1 is 0.667 bits per heavy atom. The molecule has 0 radical (unpaired) electrons. The van der Waals surface area contributed by atoms with Crippen LogP contribution in [0.2, 0.25) is 0 Å². The van der Waals surface area contributed by atoms with E-state index in [4.69, 9.17) is 5.11 Å². The lowest BCUT2D eigenvalue weighted by Crippen LogP contribution is -1.93. The molecule has 0 rings (SSSR count). The highest BCUT2D eigenvalue weighted by Gasteiger charge is 1.95. The summed E-state index contributed by atoms with van der Waals surface area (Å²) in [4.78, 5) is 10.1. The molecule has 110 valence electrons. The van der Waals surface area contributed by atoms with Gasteiger partial charge in [-0.05, 0) is 6.42 Å². The zero-order valence-corrected chi connectivity index (χ0v) is 12.8. The average Bonchev–Trinajstić information content (AvgIpc) is 2.36. The van der Waals surface area contributed by atoms with Gasteiger partial charge in [0.15, 0.2) is 0 Å². The van der Waals surface area contributed by atoms with Crippen LogP contribution in [0.3, 0.4) is 0 Å². The second-order valence-corrected chi connectivity index (χ2v) is 4.97. The maximum absolute atomic E-state index is 10.1. The molecule has 0 aliphatic rings. The maximum atomic E-state index is 10.1. The average molecular weight is 258 g/mol. The molecule has 1 N–H and O–H groups in total. The lowest BCUT2D eigenvalue weighted by molar-refractivity contribution is -0.137. The van der Waals surface area contributed by atoms with E-state index in [-0.39, 0.29) is 0 Å². The highest BCUT2D eigenvalue weighted by atomic mass is 16.4. The standard InChI is InChI=1S/C10H20O2.C6H14/c1-2-3-4-5-6-7-8-9-10(11)12;1-3-5-6-4-2/h2-9H2,1H3,(H,11,12);3-6H2,1-2H3. The summed E-state index contributed by atoms with van der Waals surface area (Å²) in [6.07, 6.45) is 14.2. The van der Waals surface area contributed by atoms with Gasteiger partial charge in [0, 0.05) is 6.42 Å². The van der Waals surface area contributed by atoms with Crippen molar-refractivity contribution in [2.24, 2.45) is 0 Å². The fourth-order valence-electron chi connectivity index (χ4n) is 1.73. The van der Waals surface area contributed by atoms with Crippen LogP contribution < -0.4 is 0 Å². The molecule has 0 atom stereocenters. The first-order valence-electron chi connectivity index (χ1n) is 7.90. The van der Waals surface area contributed by atoms with E-state index in [0.717, 1.165) is 12.8 Å². The number of hydrogen-bond acceptors (Lipinski definition) is 1. The van der Waals surface area contributed by atoms with E-state index in [1.807, 2.05) is 0 Å². The van der Waals surface area contributed by atoms with E-state index in [9.17, 15) is 4.79 Å². The van der Waals surface area contributed by atoms with Crippen molar-refractivity contribution in [3.8, 4) is 0 Å². The van der Waals surface area contributed by atoms with E-state index in [0.29, 0.717) is 6.42 Å². The Labute approximate surface area is 114 Å². The van der Waals surface area contributed by atoms with E-state index in [1.165, 1.54) is 57.8 Å². The van der Waals surface area contributed by atoms with Crippen LogP contribution in [0, 0.1) is 0 Å². The van der Waals surface area contributed by atoms with Crippen LogP contribution in [-0.4, -0.2) is 11.1 Å². The molecule has 0 unspecified atom stereocenters. The van der Waals surface area contributed by atoms with Crippen LogP contribution in [0.25, 0.3) is 0 Å². The zero-order valence-electron chi connectivity index (χ0n) is 12.8. The molecule has 0 aromatic rings. The first-order valence-corrected chi connectivity index (χ1v) is 7.90. The largest absolute Gasteiger partial charge is 0.481 e. The highest BCUT2D eigenvalue weighted by Crippen LogP contribution is 2.07. The third-order valence-electron chi connectivity index (χ3n) is 2.95. The van der Waals surface area contributed by atoms with E-state index < -0.39 is 5.97 Å². The Kier molecular flexibility index (Phi) is 20.7. The minimum absolute atomic E-state index is 0.341. The molecule has 2 heteroatoms. The Balaban J connectivity index is 0. The molecule has 0 spiro atoms. The molecule has 2 nitrogen and oxygen atoms in total. The molecular formula is C16H34O2. The number of unbranched alkanes of at least 4 members (excludes halogenated alkanes) is 9. The fraction of sp³-hybridized carbons (Fsp3) is 0.938. The van der Waals surface area contributed by atoms with Crippen molar-refractivity contribution >= 4 is 5.97 Å². The normalized spacial score (nSPS) is 9.72. The van der Waals surface area contributed by atoms with Gasteiger partial charge in [-0.3, -0.25) is 4.79 Å². The molecule has 0 amide bonds. The van der Waals surface area contributed by atoms with Gasteiger partial charge in [-0.2, -0.15) is 0 Å². The minimum atomic E-state index is -0.663. The summed E-state index contributed by atoms with van der Waals surface area (Å²) in [5, 5.41) is 8.35. The SMILES string of the molecule is CCCCCC.CCCCCCCCCC(=O)O. The van der Waals surface area contributed by atoms with Crippen LogP contribution in [0.5, 0.6) is 0 Å². The van der Waals surface area contributed by atoms with Crippen molar-refractivity contribution in [3.05, 3.63) is 0 Å². The van der Waals surface area contributed by atoms with E-state index in [2.05, 4.69) is 20.8 Å². The van der Waals surface area contributed by atoms with Gasteiger partial charge in [0.1, 0.15) is 0 Å². The molecule has 0 saturated carbocycles. The molecular weight excluding hydrogens is 224 g/mol. The lowest BCUT2D eigenvalue weighted by Gasteiger charge is -1.98. The smallest absolute Gasteiger partial charge is 0.303 e. The van der Waals surface area contributed by atoms with Crippen molar-refractivity contribution in [2.75, 3.05) is 0 Å². The predicted molar refractivity (Wildman–Crippen MR) is 80.1 cm³/mol. The molecule has 0 fully saturated rings. The van der Waals surface area contributed by atoms with Gasteiger partial charge in [0.05, 0.1) is 0 Å². The number of carboxylic acid groups (broad SMARTS) is 1. The number of rotatable bonds is 11. The topological polar surface area (TPSA) is 37.3 Å². The van der Waals surface area contributed by atoms with Crippen molar-refractivity contribution in [3.63, 3.8) is 0 Å². The predicted octanol–water partition coefficient (Wildman–Crippen LogP) is 5.80. The molecule has 0 heterocycles. The zero-order chi connectivity index (χ0) is 14.1. The van der Waals surface area contributed by atoms with Crippen molar-refractivity contribution in [1.29, 1.82) is 0 Å². The summed E-state index contributed by atoms with van der Waals surface area (Å²) in [5.41, 5.74) is 0. The minimum Gasteiger partial charge on any atom is -0.481 e. The third kappa shape index (κ3) is 24.6. The molecule has 0 aliphatic heterocycles. The second-order valence-electron chi connectivity index (χ2n) is 4.97. The number of aliphatic carboxylic acids is 1. The van der Waals surface area contributed by atoms with Crippen LogP contribution in [-0.2, 0) is 4.79 Å². The molecule has 0 aromatic heterocycles. The second kappa shape index (κ2) is 18.8. The third-order valence-corrected chi connectivity index (χ3v) is 2.95. The van der Waals surface area contributed by atoms with Gasteiger partial charge in [-0.1, -0.05) is 85.0 Å². The fourth-order valence-corrected chi connectivity index (χ4v) is 1.73. The van der Waals surface area contributed by atoms with E-state index in [1.54, 1.807) is 0 Å². The maximum Gasteiger partial charge on any atom is 0.303 e. The van der Waals surface area contributed by atoms with Crippen LogP contribution >= 0.6 is 0 Å². The van der Waals surface area contributed by atoms with E-state index >= 15 is 0 Å². The van der Waals surface area contributed by atoms with Gasteiger partial charge in [-0.15, -0.1) is 0 Å². The lowest BCUT2D eigenvalue weighted by atomic mass is 10.1. The Hall–Kier alpha value is -0.530. The number of carbonyl (C=O) groups is 1. The molecule has 0 bridgehead atoms. The first-order chi connectivity index (χ1) is 8.68. The van der Waals surface area contributed by atoms with Gasteiger partial charge >= 0.3 is 5.97 Å². The Morgan fingerprint density at radius 2 is 1.00 bits per heavy atom. The van der Waals surface area contributed by atoms with Gasteiger partial charge < -0.3 is 5.11 Å². The summed E-state index contributed by atoms with van der Waals surface area (Å²) >= 11 is 0. The molecule has 18 heavy (non-hydrogen) atoms. The van der Waals surface area contributed by atoms with Crippen molar-refractivity contribution in [2.45, 2.75) is 97.8 Å². The van der Waals surface area contributed by atoms with Crippen LogP contribution in [0.4, 0.5) is 0 Å².